The van der Waals surface area contributed by atoms with Gasteiger partial charge in [-0.25, -0.2) is 14.5 Å². The van der Waals surface area contributed by atoms with E-state index >= 15 is 0 Å². The summed E-state index contributed by atoms with van der Waals surface area (Å²) in [6.07, 6.45) is 5.06. The van der Waals surface area contributed by atoms with E-state index in [0.717, 1.165) is 31.2 Å². The van der Waals surface area contributed by atoms with Gasteiger partial charge in [-0.1, -0.05) is 19.1 Å². The van der Waals surface area contributed by atoms with Crippen molar-refractivity contribution in [1.82, 2.24) is 24.4 Å². The molecule has 3 aromatic heterocycles. The first-order chi connectivity index (χ1) is 18.1. The molecule has 5 rings (SSSR count). The fourth-order valence-electron chi connectivity index (χ4n) is 5.14. The Kier molecular flexibility index (Phi) is 6.64. The third-order valence-electron chi connectivity index (χ3n) is 7.24. The van der Waals surface area contributed by atoms with Crippen LogP contribution >= 0.6 is 0 Å². The largest absolute Gasteiger partial charge is 0.493 e. The predicted octanol–water partition coefficient (Wildman–Crippen LogP) is 4.86. The summed E-state index contributed by atoms with van der Waals surface area (Å²) < 4.78 is 2.87. The highest BCUT2D eigenvalue weighted by Crippen LogP contribution is 2.33. The number of aromatic hydroxyl groups is 1. The Balaban J connectivity index is 1.46. The average Bonchev–Trinajstić information content (AvgIpc) is 3.50. The first kappa shape index (κ1) is 25.4. The molecular formula is C28H32N6O4. The fraction of sp³-hybridized carbons (Fsp3) is 0.393. The van der Waals surface area contributed by atoms with E-state index in [1.54, 1.807) is 24.0 Å². The maximum absolute atomic E-state index is 13.5. The topological polar surface area (TPSA) is 126 Å². The highest BCUT2D eigenvalue weighted by Gasteiger charge is 2.34. The lowest BCUT2D eigenvalue weighted by molar-refractivity contribution is -0.124. The second kappa shape index (κ2) is 9.92. The molecule has 0 atom stereocenters. The molecule has 1 aliphatic carbocycles. The fourth-order valence-corrected chi connectivity index (χ4v) is 5.14. The molecule has 0 spiro atoms. The molecule has 0 saturated heterocycles. The van der Waals surface area contributed by atoms with Crippen LogP contribution in [0.5, 0.6) is 5.88 Å². The van der Waals surface area contributed by atoms with Gasteiger partial charge in [0.1, 0.15) is 5.56 Å². The van der Waals surface area contributed by atoms with Gasteiger partial charge in [0.25, 0.3) is 0 Å². The van der Waals surface area contributed by atoms with Crippen LogP contribution in [0.2, 0.25) is 0 Å². The second-order valence-corrected chi connectivity index (χ2v) is 10.5. The van der Waals surface area contributed by atoms with Crippen molar-refractivity contribution >= 4 is 23.3 Å². The number of rotatable bonds is 6. The Morgan fingerprint density at radius 2 is 1.74 bits per heavy atom. The van der Waals surface area contributed by atoms with E-state index in [9.17, 15) is 19.8 Å². The number of aromatic carboxylic acids is 1. The first-order valence-corrected chi connectivity index (χ1v) is 13.0. The van der Waals surface area contributed by atoms with Crippen LogP contribution in [0.1, 0.15) is 62.5 Å². The molecule has 38 heavy (non-hydrogen) atoms. The molecule has 1 aromatic carbocycles. The highest BCUT2D eigenvalue weighted by molar-refractivity contribution is 6.01. The van der Waals surface area contributed by atoms with E-state index < -0.39 is 5.97 Å². The predicted molar refractivity (Wildman–Crippen MR) is 143 cm³/mol. The van der Waals surface area contributed by atoms with Crippen LogP contribution in [-0.2, 0) is 4.79 Å². The molecule has 1 aliphatic rings. The van der Waals surface area contributed by atoms with Crippen molar-refractivity contribution < 1.29 is 19.8 Å². The molecule has 1 saturated carbocycles. The number of fused-ring (bicyclic) bond motifs is 1. The number of carboxylic acid groups (broad SMARTS) is 1. The number of hydrogen-bond acceptors (Lipinski definition) is 6. The number of hydrogen-bond donors (Lipinski definition) is 2. The van der Waals surface area contributed by atoms with Crippen LogP contribution < -0.4 is 4.90 Å². The quantitative estimate of drug-likeness (QED) is 0.375. The standard InChI is InChI=1S/C28H32N6O4/c1-16(2)33(27(36)20-7-5-17(3)6-8-20)26-22(28(37)38)15-32(31-26)21-11-9-19(10-12-21)23-14-24-29-18(4)13-25(35)34(24)30-23/h9-17,20,35H,5-8H2,1-4H3,(H,37,38)/t17-,20-. The molecular weight excluding hydrogens is 484 g/mol. The third-order valence-corrected chi connectivity index (χ3v) is 7.24. The van der Waals surface area contributed by atoms with Crippen molar-refractivity contribution in [1.29, 1.82) is 0 Å². The summed E-state index contributed by atoms with van der Waals surface area (Å²) in [4.78, 5) is 31.7. The Morgan fingerprint density at radius 1 is 1.05 bits per heavy atom. The zero-order valence-corrected chi connectivity index (χ0v) is 22.0. The maximum atomic E-state index is 13.5. The third kappa shape index (κ3) is 4.73. The minimum absolute atomic E-state index is 0.00707. The van der Waals surface area contributed by atoms with Crippen LogP contribution in [0.15, 0.2) is 42.6 Å². The van der Waals surface area contributed by atoms with Gasteiger partial charge in [0.2, 0.25) is 11.8 Å². The number of aromatic nitrogens is 5. The van der Waals surface area contributed by atoms with Gasteiger partial charge in [-0.2, -0.15) is 9.61 Å². The summed E-state index contributed by atoms with van der Waals surface area (Å²) in [5, 5.41) is 29.2. The van der Waals surface area contributed by atoms with Crippen molar-refractivity contribution in [2.24, 2.45) is 11.8 Å². The summed E-state index contributed by atoms with van der Waals surface area (Å²) in [7, 11) is 0. The van der Waals surface area contributed by atoms with E-state index in [2.05, 4.69) is 22.1 Å². The second-order valence-electron chi connectivity index (χ2n) is 10.5. The molecule has 0 aliphatic heterocycles. The highest BCUT2D eigenvalue weighted by atomic mass is 16.4. The van der Waals surface area contributed by atoms with E-state index in [4.69, 9.17) is 0 Å². The number of carbonyl (C=O) groups is 2. The molecule has 4 aromatic rings. The Labute approximate surface area is 220 Å². The van der Waals surface area contributed by atoms with Gasteiger partial charge in [-0.15, -0.1) is 5.10 Å². The number of benzene rings is 1. The number of carbonyl (C=O) groups excluding carboxylic acids is 1. The van der Waals surface area contributed by atoms with Gasteiger partial charge < -0.3 is 10.2 Å². The molecule has 0 bridgehead atoms. The van der Waals surface area contributed by atoms with Crippen LogP contribution in [-0.4, -0.2) is 52.5 Å². The maximum Gasteiger partial charge on any atom is 0.341 e. The van der Waals surface area contributed by atoms with Crippen LogP contribution in [0.25, 0.3) is 22.6 Å². The zero-order chi connectivity index (χ0) is 27.1. The van der Waals surface area contributed by atoms with Crippen LogP contribution in [0, 0.1) is 18.8 Å². The van der Waals surface area contributed by atoms with Crippen molar-refractivity contribution in [2.75, 3.05) is 4.90 Å². The molecule has 0 unspecified atom stereocenters. The van der Waals surface area contributed by atoms with Gasteiger partial charge in [0.05, 0.1) is 11.4 Å². The number of carboxylic acids is 1. The van der Waals surface area contributed by atoms with Crippen LogP contribution in [0.4, 0.5) is 5.82 Å². The smallest absolute Gasteiger partial charge is 0.341 e. The Bertz CT molecular complexity index is 1500. The summed E-state index contributed by atoms with van der Waals surface area (Å²) in [6, 6.07) is 10.4. The van der Waals surface area contributed by atoms with Gasteiger partial charge in [-0.3, -0.25) is 9.69 Å². The molecule has 10 nitrogen and oxygen atoms in total. The summed E-state index contributed by atoms with van der Waals surface area (Å²) >= 11 is 0. The molecule has 2 N–H and O–H groups in total. The summed E-state index contributed by atoms with van der Waals surface area (Å²) in [5.41, 5.74) is 3.29. The number of amides is 1. The van der Waals surface area contributed by atoms with Gasteiger partial charge in [0, 0.05) is 41.5 Å². The zero-order valence-electron chi connectivity index (χ0n) is 22.0. The molecule has 0 radical (unpaired) electrons. The Hall–Kier alpha value is -4.21. The monoisotopic (exact) mass is 516 g/mol. The number of anilines is 1. The lowest BCUT2D eigenvalue weighted by atomic mass is 9.82. The first-order valence-electron chi connectivity index (χ1n) is 13.0. The van der Waals surface area contributed by atoms with E-state index in [1.165, 1.54) is 15.4 Å². The number of aryl methyl sites for hydroxylation is 1. The minimum atomic E-state index is -1.13. The van der Waals surface area contributed by atoms with Crippen molar-refractivity contribution in [2.45, 2.75) is 59.4 Å². The van der Waals surface area contributed by atoms with Crippen LogP contribution in [0.3, 0.4) is 0 Å². The van der Waals surface area contributed by atoms with Gasteiger partial charge in [-0.05, 0) is 64.5 Å². The van der Waals surface area contributed by atoms with Crippen molar-refractivity contribution in [3.05, 3.63) is 53.9 Å². The number of nitrogens with zero attached hydrogens (tertiary/aromatic N) is 6. The Morgan fingerprint density at radius 3 is 2.37 bits per heavy atom. The minimum Gasteiger partial charge on any atom is -0.493 e. The molecule has 3 heterocycles. The van der Waals surface area contributed by atoms with Gasteiger partial charge in [0.15, 0.2) is 11.5 Å². The normalized spacial score (nSPS) is 17.7. The molecule has 198 valence electrons. The molecule has 10 heteroatoms. The van der Waals surface area contributed by atoms with Crippen molar-refractivity contribution in [3.63, 3.8) is 0 Å². The SMILES string of the molecule is Cc1cc(O)n2nc(-c3ccc(-n4cc(C(=O)O)c(N(C(=O)[C@H]5CC[C@H](C)CC5)C(C)C)n4)cc3)cc2n1. The van der Waals surface area contributed by atoms with E-state index in [1.807, 2.05) is 38.1 Å². The molecule has 1 fully saturated rings. The molecule has 1 amide bonds. The lowest BCUT2D eigenvalue weighted by Gasteiger charge is -2.32. The van der Waals surface area contributed by atoms with Gasteiger partial charge >= 0.3 is 5.97 Å². The van der Waals surface area contributed by atoms with E-state index in [0.29, 0.717) is 28.6 Å². The summed E-state index contributed by atoms with van der Waals surface area (Å²) in [5.74, 6) is -0.539. The average molecular weight is 517 g/mol. The van der Waals surface area contributed by atoms with Crippen molar-refractivity contribution in [3.8, 4) is 22.8 Å². The van der Waals surface area contributed by atoms with E-state index in [-0.39, 0.29) is 35.1 Å². The lowest BCUT2D eigenvalue weighted by Crippen LogP contribution is -2.43. The summed E-state index contributed by atoms with van der Waals surface area (Å²) in [6.45, 7) is 7.76.